The van der Waals surface area contributed by atoms with Crippen LogP contribution in [0.15, 0.2) is 53.6 Å². The number of carbonyl (C=O) groups is 1. The van der Waals surface area contributed by atoms with E-state index in [0.717, 1.165) is 32.9 Å². The van der Waals surface area contributed by atoms with Gasteiger partial charge in [0.2, 0.25) is 5.91 Å². The first-order valence-corrected chi connectivity index (χ1v) is 9.34. The van der Waals surface area contributed by atoms with Crippen LogP contribution in [0.1, 0.15) is 18.1 Å². The first-order chi connectivity index (χ1) is 12.5. The van der Waals surface area contributed by atoms with Gasteiger partial charge in [-0.1, -0.05) is 30.0 Å². The third kappa shape index (κ3) is 3.99. The molecule has 0 fully saturated rings. The molecule has 0 bridgehead atoms. The van der Waals surface area contributed by atoms with Crippen molar-refractivity contribution in [3.8, 4) is 5.75 Å². The van der Waals surface area contributed by atoms with E-state index in [-0.39, 0.29) is 11.2 Å². The lowest BCUT2D eigenvalue weighted by molar-refractivity contribution is -0.115. The molecule has 0 saturated heterocycles. The van der Waals surface area contributed by atoms with E-state index in [2.05, 4.69) is 31.3 Å². The number of aryl methyl sites for hydroxylation is 2. The summed E-state index contributed by atoms with van der Waals surface area (Å²) in [4.78, 5) is 17.2. The second kappa shape index (κ2) is 7.79. The summed E-state index contributed by atoms with van der Waals surface area (Å²) in [6.07, 6.45) is 0. The van der Waals surface area contributed by atoms with Crippen molar-refractivity contribution in [1.29, 1.82) is 0 Å². The number of nitrogens with one attached hydrogen (secondary N) is 1. The number of benzene rings is 2. The lowest BCUT2D eigenvalue weighted by Gasteiger charge is -2.13. The van der Waals surface area contributed by atoms with Gasteiger partial charge >= 0.3 is 0 Å². The molecule has 1 aromatic heterocycles. The third-order valence-corrected chi connectivity index (χ3v) is 5.27. The molecule has 1 amide bonds. The van der Waals surface area contributed by atoms with E-state index < -0.39 is 0 Å². The van der Waals surface area contributed by atoms with Crippen LogP contribution in [0.25, 0.3) is 10.9 Å². The molecule has 26 heavy (non-hydrogen) atoms. The lowest BCUT2D eigenvalue weighted by Crippen LogP contribution is -2.22. The number of hydrogen-bond acceptors (Lipinski definition) is 4. The minimum Gasteiger partial charge on any atom is -0.497 e. The van der Waals surface area contributed by atoms with Gasteiger partial charge < -0.3 is 10.1 Å². The van der Waals surface area contributed by atoms with Crippen LogP contribution in [0.2, 0.25) is 0 Å². The summed E-state index contributed by atoms with van der Waals surface area (Å²) in [5.41, 5.74) is 4.06. The van der Waals surface area contributed by atoms with E-state index in [4.69, 9.17) is 9.72 Å². The Morgan fingerprint density at radius 1 is 1.12 bits per heavy atom. The Kier molecular flexibility index (Phi) is 5.47. The Bertz CT molecular complexity index is 939. The summed E-state index contributed by atoms with van der Waals surface area (Å²) in [5.74, 6) is 0.709. The summed E-state index contributed by atoms with van der Waals surface area (Å²) in [5, 5.41) is 4.69. The molecule has 3 aromatic rings. The van der Waals surface area contributed by atoms with E-state index in [9.17, 15) is 4.79 Å². The molecule has 0 saturated carbocycles. The molecule has 1 unspecified atom stereocenters. The van der Waals surface area contributed by atoms with E-state index >= 15 is 0 Å². The van der Waals surface area contributed by atoms with Gasteiger partial charge in [-0.2, -0.15) is 0 Å². The molecule has 5 heteroatoms. The van der Waals surface area contributed by atoms with Crippen molar-refractivity contribution >= 4 is 34.3 Å². The molecule has 0 radical (unpaired) electrons. The summed E-state index contributed by atoms with van der Waals surface area (Å²) in [7, 11) is 1.62. The number of ether oxygens (including phenoxy) is 1. The van der Waals surface area contributed by atoms with Crippen LogP contribution in [0.3, 0.4) is 0 Å². The normalized spacial score (nSPS) is 12.0. The molecule has 0 spiro atoms. The summed E-state index contributed by atoms with van der Waals surface area (Å²) >= 11 is 1.47. The topological polar surface area (TPSA) is 51.2 Å². The van der Waals surface area contributed by atoms with E-state index in [0.29, 0.717) is 0 Å². The Morgan fingerprint density at radius 2 is 1.85 bits per heavy atom. The second-order valence-electron chi connectivity index (χ2n) is 6.23. The number of para-hydroxylation sites is 1. The highest BCUT2D eigenvalue weighted by Gasteiger charge is 2.16. The minimum atomic E-state index is -0.259. The second-order valence-corrected chi connectivity index (χ2v) is 7.59. The SMILES string of the molecule is COc1ccc(NC(=O)C(C)Sc2cc(C)c3cccc(C)c3n2)cc1. The van der Waals surface area contributed by atoms with E-state index in [1.165, 1.54) is 17.3 Å². The van der Waals surface area contributed by atoms with Gasteiger partial charge in [0, 0.05) is 11.1 Å². The predicted molar refractivity (Wildman–Crippen MR) is 108 cm³/mol. The van der Waals surface area contributed by atoms with Crippen molar-refractivity contribution in [3.63, 3.8) is 0 Å². The summed E-state index contributed by atoms with van der Waals surface area (Å²) < 4.78 is 5.13. The number of amides is 1. The zero-order chi connectivity index (χ0) is 18.7. The van der Waals surface area contributed by atoms with Gasteiger partial charge in [0.1, 0.15) is 5.75 Å². The van der Waals surface area contributed by atoms with Crippen molar-refractivity contribution in [2.24, 2.45) is 0 Å². The fourth-order valence-corrected chi connectivity index (χ4v) is 3.66. The number of carbonyl (C=O) groups excluding carboxylic acids is 1. The van der Waals surface area contributed by atoms with Crippen LogP contribution >= 0.6 is 11.8 Å². The molecule has 4 nitrogen and oxygen atoms in total. The Balaban J connectivity index is 1.74. The number of methoxy groups -OCH3 is 1. The monoisotopic (exact) mass is 366 g/mol. The first kappa shape index (κ1) is 18.3. The highest BCUT2D eigenvalue weighted by molar-refractivity contribution is 8.00. The lowest BCUT2D eigenvalue weighted by atomic mass is 10.1. The fraction of sp³-hybridized carbons (Fsp3) is 0.238. The molecule has 2 aromatic carbocycles. The summed E-state index contributed by atoms with van der Waals surface area (Å²) in [6, 6.07) is 15.5. The number of pyridine rings is 1. The minimum absolute atomic E-state index is 0.0514. The number of hydrogen-bond donors (Lipinski definition) is 1. The molecule has 134 valence electrons. The average molecular weight is 366 g/mol. The number of fused-ring (bicyclic) bond motifs is 1. The molecular weight excluding hydrogens is 344 g/mol. The maximum Gasteiger partial charge on any atom is 0.237 e. The average Bonchev–Trinajstić information content (AvgIpc) is 2.63. The molecule has 1 atom stereocenters. The van der Waals surface area contributed by atoms with Crippen LogP contribution in [-0.2, 0) is 4.79 Å². The predicted octanol–water partition coefficient (Wildman–Crippen LogP) is 4.98. The highest BCUT2D eigenvalue weighted by atomic mass is 32.2. The first-order valence-electron chi connectivity index (χ1n) is 8.46. The van der Waals surface area contributed by atoms with Crippen molar-refractivity contribution in [2.75, 3.05) is 12.4 Å². The molecule has 0 aliphatic heterocycles. The maximum absolute atomic E-state index is 12.5. The molecule has 3 rings (SSSR count). The smallest absolute Gasteiger partial charge is 0.237 e. The Hall–Kier alpha value is -2.53. The Morgan fingerprint density at radius 3 is 2.54 bits per heavy atom. The van der Waals surface area contributed by atoms with Crippen molar-refractivity contribution < 1.29 is 9.53 Å². The van der Waals surface area contributed by atoms with Gasteiger partial charge in [-0.25, -0.2) is 4.98 Å². The number of thioether (sulfide) groups is 1. The Labute approximate surface area is 158 Å². The quantitative estimate of drug-likeness (QED) is 0.647. The van der Waals surface area contributed by atoms with Crippen molar-refractivity contribution in [1.82, 2.24) is 4.98 Å². The standard InChI is InChI=1S/C21H22N2O2S/c1-13-6-5-7-18-14(2)12-19(23-20(13)18)26-15(3)21(24)22-16-8-10-17(25-4)11-9-16/h5-12,15H,1-4H3,(H,22,24). The number of rotatable bonds is 5. The van der Waals surface area contributed by atoms with Crippen LogP contribution in [0.4, 0.5) is 5.69 Å². The van der Waals surface area contributed by atoms with Crippen LogP contribution in [0, 0.1) is 13.8 Å². The van der Waals surface area contributed by atoms with Gasteiger partial charge in [0.25, 0.3) is 0 Å². The number of anilines is 1. The van der Waals surface area contributed by atoms with Crippen molar-refractivity contribution in [3.05, 3.63) is 59.7 Å². The largest absolute Gasteiger partial charge is 0.497 e. The zero-order valence-electron chi connectivity index (χ0n) is 15.4. The van der Waals surface area contributed by atoms with Gasteiger partial charge in [0.05, 0.1) is 22.9 Å². The molecular formula is C21H22N2O2S. The molecule has 1 N–H and O–H groups in total. The van der Waals surface area contributed by atoms with Crippen molar-refractivity contribution in [2.45, 2.75) is 31.0 Å². The van der Waals surface area contributed by atoms with Gasteiger partial charge in [-0.05, 0) is 62.2 Å². The van der Waals surface area contributed by atoms with Gasteiger partial charge in [-0.15, -0.1) is 0 Å². The molecule has 0 aliphatic carbocycles. The van der Waals surface area contributed by atoms with Gasteiger partial charge in [0.15, 0.2) is 0 Å². The van der Waals surface area contributed by atoms with Crippen LogP contribution in [0.5, 0.6) is 5.75 Å². The maximum atomic E-state index is 12.5. The van der Waals surface area contributed by atoms with E-state index in [1.54, 1.807) is 7.11 Å². The van der Waals surface area contributed by atoms with E-state index in [1.807, 2.05) is 43.3 Å². The highest BCUT2D eigenvalue weighted by Crippen LogP contribution is 2.28. The third-order valence-electron chi connectivity index (χ3n) is 4.25. The molecule has 0 aliphatic rings. The van der Waals surface area contributed by atoms with Crippen LogP contribution in [-0.4, -0.2) is 23.3 Å². The summed E-state index contributed by atoms with van der Waals surface area (Å²) in [6.45, 7) is 6.03. The number of nitrogens with zero attached hydrogens (tertiary/aromatic N) is 1. The number of aromatic nitrogens is 1. The fourth-order valence-electron chi connectivity index (χ4n) is 2.74. The van der Waals surface area contributed by atoms with Crippen LogP contribution < -0.4 is 10.1 Å². The van der Waals surface area contributed by atoms with Gasteiger partial charge in [-0.3, -0.25) is 4.79 Å². The molecule has 1 heterocycles. The zero-order valence-corrected chi connectivity index (χ0v) is 16.2.